The van der Waals surface area contributed by atoms with Gasteiger partial charge in [0.25, 0.3) is 0 Å². The van der Waals surface area contributed by atoms with E-state index in [0.29, 0.717) is 36.8 Å². The van der Waals surface area contributed by atoms with Crippen LogP contribution in [0.5, 0.6) is 5.75 Å². The third-order valence-corrected chi connectivity index (χ3v) is 5.28. The zero-order valence-electron chi connectivity index (χ0n) is 14.4. The highest BCUT2D eigenvalue weighted by atomic mass is 79.9. The molecule has 0 bridgehead atoms. The minimum absolute atomic E-state index is 0.162. The second kappa shape index (κ2) is 7.79. The number of ether oxygens (including phenoxy) is 1. The fourth-order valence-corrected chi connectivity index (χ4v) is 3.88. The van der Waals surface area contributed by atoms with Gasteiger partial charge in [0.05, 0.1) is 29.6 Å². The minimum atomic E-state index is 0.162. The first-order chi connectivity index (χ1) is 12.0. The van der Waals surface area contributed by atoms with Gasteiger partial charge in [-0.1, -0.05) is 27.5 Å². The Morgan fingerprint density at radius 3 is 3.00 bits per heavy atom. The van der Waals surface area contributed by atoms with E-state index in [-0.39, 0.29) is 5.91 Å². The van der Waals surface area contributed by atoms with Crippen LogP contribution in [0, 0.1) is 6.92 Å². The first-order valence-corrected chi connectivity index (χ1v) is 9.50. The largest absolute Gasteiger partial charge is 0.492 e. The molecule has 1 aliphatic rings. The van der Waals surface area contributed by atoms with Gasteiger partial charge >= 0.3 is 0 Å². The van der Waals surface area contributed by atoms with Crippen molar-refractivity contribution in [1.29, 1.82) is 0 Å². The van der Waals surface area contributed by atoms with E-state index < -0.39 is 0 Å². The highest BCUT2D eigenvalue weighted by molar-refractivity contribution is 9.10. The van der Waals surface area contributed by atoms with Crippen molar-refractivity contribution in [2.75, 3.05) is 13.2 Å². The van der Waals surface area contributed by atoms with Gasteiger partial charge in [0, 0.05) is 24.5 Å². The van der Waals surface area contributed by atoms with Gasteiger partial charge in [0.1, 0.15) is 5.75 Å². The van der Waals surface area contributed by atoms with Crippen molar-refractivity contribution in [3.63, 3.8) is 0 Å². The smallest absolute Gasteiger partial charge is 0.223 e. The summed E-state index contributed by atoms with van der Waals surface area (Å²) in [5, 5.41) is 5.02. The van der Waals surface area contributed by atoms with Gasteiger partial charge < -0.3 is 9.64 Å². The van der Waals surface area contributed by atoms with Crippen LogP contribution in [0.3, 0.4) is 0 Å². The van der Waals surface area contributed by atoms with Gasteiger partial charge in [0.2, 0.25) is 5.91 Å². The molecule has 134 valence electrons. The Morgan fingerprint density at radius 1 is 1.44 bits per heavy atom. The molecule has 0 atom stereocenters. The van der Waals surface area contributed by atoms with E-state index in [4.69, 9.17) is 16.3 Å². The second-order valence-electron chi connectivity index (χ2n) is 6.23. The van der Waals surface area contributed by atoms with Crippen LogP contribution in [0.2, 0.25) is 5.02 Å². The Kier molecular flexibility index (Phi) is 5.69. The molecule has 1 amide bonds. The number of halogens is 2. The van der Waals surface area contributed by atoms with E-state index in [9.17, 15) is 4.79 Å². The number of rotatable bonds is 5. The molecule has 2 heterocycles. The summed E-state index contributed by atoms with van der Waals surface area (Å²) in [6.07, 6.45) is 2.02. The lowest BCUT2D eigenvalue weighted by Crippen LogP contribution is -2.36. The second-order valence-corrected chi connectivity index (χ2v) is 7.55. The lowest BCUT2D eigenvalue weighted by molar-refractivity contribution is -0.132. The number of aryl methyl sites for hydroxylation is 2. The molecule has 1 aliphatic heterocycles. The van der Waals surface area contributed by atoms with Gasteiger partial charge in [-0.3, -0.25) is 9.48 Å². The number of nitrogens with zero attached hydrogens (tertiary/aromatic N) is 3. The molecule has 0 aliphatic carbocycles. The SMILES string of the molecule is Cc1nn(C)c2c1CCN(C(=O)CCCOc1ccc(Br)cc1Cl)C2. The number of hydrogen-bond donors (Lipinski definition) is 0. The summed E-state index contributed by atoms with van der Waals surface area (Å²) in [5.41, 5.74) is 3.51. The Morgan fingerprint density at radius 2 is 2.24 bits per heavy atom. The summed E-state index contributed by atoms with van der Waals surface area (Å²) in [4.78, 5) is 14.4. The van der Waals surface area contributed by atoms with Crippen LogP contribution in [0.25, 0.3) is 0 Å². The summed E-state index contributed by atoms with van der Waals surface area (Å²) >= 11 is 9.48. The lowest BCUT2D eigenvalue weighted by atomic mass is 10.0. The number of aromatic nitrogens is 2. The van der Waals surface area contributed by atoms with Crippen molar-refractivity contribution in [2.24, 2.45) is 7.05 Å². The summed E-state index contributed by atoms with van der Waals surface area (Å²) in [6, 6.07) is 5.50. The van der Waals surface area contributed by atoms with E-state index in [2.05, 4.69) is 21.0 Å². The number of amides is 1. The average molecular weight is 427 g/mol. The Balaban J connectivity index is 1.48. The number of hydrogen-bond acceptors (Lipinski definition) is 3. The molecule has 0 saturated carbocycles. The van der Waals surface area contributed by atoms with E-state index >= 15 is 0 Å². The lowest BCUT2D eigenvalue weighted by Gasteiger charge is -2.27. The summed E-state index contributed by atoms with van der Waals surface area (Å²) in [6.45, 7) is 3.90. The van der Waals surface area contributed by atoms with Crippen molar-refractivity contribution in [3.8, 4) is 5.75 Å². The van der Waals surface area contributed by atoms with E-state index in [1.807, 2.05) is 35.7 Å². The predicted molar refractivity (Wildman–Crippen MR) is 101 cm³/mol. The zero-order valence-corrected chi connectivity index (χ0v) is 16.7. The predicted octanol–water partition coefficient (Wildman–Crippen LogP) is 3.89. The molecule has 1 aromatic carbocycles. The van der Waals surface area contributed by atoms with Crippen LogP contribution in [-0.2, 0) is 24.8 Å². The van der Waals surface area contributed by atoms with Gasteiger partial charge in [0.15, 0.2) is 0 Å². The molecule has 3 rings (SSSR count). The molecular formula is C18H21BrClN3O2. The highest BCUT2D eigenvalue weighted by Crippen LogP contribution is 2.28. The van der Waals surface area contributed by atoms with Crippen LogP contribution in [0.15, 0.2) is 22.7 Å². The molecule has 0 radical (unpaired) electrons. The van der Waals surface area contributed by atoms with E-state index in [1.165, 1.54) is 5.56 Å². The van der Waals surface area contributed by atoms with Crippen molar-refractivity contribution in [1.82, 2.24) is 14.7 Å². The molecule has 0 saturated heterocycles. The molecule has 1 aromatic heterocycles. The first kappa shape index (κ1) is 18.3. The molecule has 25 heavy (non-hydrogen) atoms. The first-order valence-electron chi connectivity index (χ1n) is 8.32. The summed E-state index contributed by atoms with van der Waals surface area (Å²) in [7, 11) is 1.94. The number of carbonyl (C=O) groups is 1. The normalized spacial score (nSPS) is 13.7. The summed E-state index contributed by atoms with van der Waals surface area (Å²) in [5.74, 6) is 0.806. The standard InChI is InChI=1S/C18H21BrClN3O2/c1-12-14-7-8-23(11-16(14)22(2)21-12)18(24)4-3-9-25-17-6-5-13(19)10-15(17)20/h5-6,10H,3-4,7-9,11H2,1-2H3. The molecule has 0 fully saturated rings. The maximum absolute atomic E-state index is 12.5. The molecule has 0 spiro atoms. The number of benzene rings is 1. The highest BCUT2D eigenvalue weighted by Gasteiger charge is 2.24. The van der Waals surface area contributed by atoms with Crippen molar-refractivity contribution < 1.29 is 9.53 Å². The van der Waals surface area contributed by atoms with Crippen LogP contribution in [0.1, 0.15) is 29.8 Å². The maximum atomic E-state index is 12.5. The van der Waals surface area contributed by atoms with Crippen LogP contribution in [-0.4, -0.2) is 33.7 Å². The van der Waals surface area contributed by atoms with Crippen LogP contribution in [0.4, 0.5) is 0 Å². The fourth-order valence-electron chi connectivity index (χ4n) is 3.15. The monoisotopic (exact) mass is 425 g/mol. The fraction of sp³-hybridized carbons (Fsp3) is 0.444. The Bertz CT molecular complexity index is 791. The number of carbonyl (C=O) groups excluding carboxylic acids is 1. The third kappa shape index (κ3) is 4.18. The zero-order chi connectivity index (χ0) is 18.0. The van der Waals surface area contributed by atoms with Crippen LogP contribution < -0.4 is 4.74 Å². The summed E-state index contributed by atoms with van der Waals surface area (Å²) < 4.78 is 8.47. The molecule has 5 nitrogen and oxygen atoms in total. The molecular weight excluding hydrogens is 406 g/mol. The number of fused-ring (bicyclic) bond motifs is 1. The van der Waals surface area contributed by atoms with Crippen molar-refractivity contribution >= 4 is 33.4 Å². The molecule has 0 unspecified atom stereocenters. The Hall–Kier alpha value is -1.53. The van der Waals surface area contributed by atoms with Crippen molar-refractivity contribution in [2.45, 2.75) is 32.7 Å². The molecule has 0 N–H and O–H groups in total. The molecule has 2 aromatic rings. The average Bonchev–Trinajstić information content (AvgIpc) is 2.87. The Labute approximate surface area is 161 Å². The molecule has 7 heteroatoms. The van der Waals surface area contributed by atoms with E-state index in [1.54, 1.807) is 6.07 Å². The van der Waals surface area contributed by atoms with E-state index in [0.717, 1.165) is 28.8 Å². The van der Waals surface area contributed by atoms with Gasteiger partial charge in [-0.05, 0) is 43.5 Å². The van der Waals surface area contributed by atoms with Crippen molar-refractivity contribution in [3.05, 3.63) is 44.6 Å². The van der Waals surface area contributed by atoms with Gasteiger partial charge in [-0.2, -0.15) is 5.10 Å². The quantitative estimate of drug-likeness (QED) is 0.682. The topological polar surface area (TPSA) is 47.4 Å². The minimum Gasteiger partial charge on any atom is -0.492 e. The maximum Gasteiger partial charge on any atom is 0.223 e. The van der Waals surface area contributed by atoms with Gasteiger partial charge in [-0.15, -0.1) is 0 Å². The van der Waals surface area contributed by atoms with Crippen LogP contribution >= 0.6 is 27.5 Å². The third-order valence-electron chi connectivity index (χ3n) is 4.49. The van der Waals surface area contributed by atoms with Gasteiger partial charge in [-0.25, -0.2) is 0 Å².